The largest absolute Gasteiger partial charge is 0.533 e. The molecule has 0 radical (unpaired) electrons. The fourth-order valence-electron chi connectivity index (χ4n) is 4.61. The zero-order valence-corrected chi connectivity index (χ0v) is 22.3. The van der Waals surface area contributed by atoms with E-state index in [1.807, 2.05) is 51.1 Å². The highest BCUT2D eigenvalue weighted by molar-refractivity contribution is 5.98. The van der Waals surface area contributed by atoms with E-state index in [0.29, 0.717) is 52.1 Å². The van der Waals surface area contributed by atoms with E-state index in [4.69, 9.17) is 9.57 Å². The van der Waals surface area contributed by atoms with Crippen LogP contribution < -0.4 is 10.9 Å². The van der Waals surface area contributed by atoms with E-state index >= 15 is 0 Å². The lowest BCUT2D eigenvalue weighted by molar-refractivity contribution is -0.720. The Labute approximate surface area is 222 Å². The molecular weight excluding hydrogens is 492 g/mol. The third kappa shape index (κ3) is 7.00. The van der Waals surface area contributed by atoms with E-state index in [2.05, 4.69) is 15.8 Å². The summed E-state index contributed by atoms with van der Waals surface area (Å²) in [5.41, 5.74) is 6.17. The van der Waals surface area contributed by atoms with Gasteiger partial charge in [0, 0.05) is 52.0 Å². The minimum absolute atomic E-state index is 0.194. The molecule has 2 saturated heterocycles. The van der Waals surface area contributed by atoms with Crippen molar-refractivity contribution in [1.82, 2.24) is 25.6 Å². The fraction of sp³-hybridized carbons (Fsp3) is 0.577. The summed E-state index contributed by atoms with van der Waals surface area (Å²) in [4.78, 5) is 61.2. The number of nitrogens with zero attached hydrogens (tertiary/aromatic N) is 4. The number of carbonyl (C=O) groups is 4. The molecular formula is C26H37N6O6+. The summed E-state index contributed by atoms with van der Waals surface area (Å²) < 4.78 is 6.70. The third-order valence-corrected chi connectivity index (χ3v) is 6.65. The van der Waals surface area contributed by atoms with Gasteiger partial charge in [-0.15, -0.1) is 0 Å². The number of amides is 5. The number of hydrogen-bond acceptors (Lipinski definition) is 7. The predicted molar refractivity (Wildman–Crippen MR) is 137 cm³/mol. The first kappa shape index (κ1) is 27.4. The van der Waals surface area contributed by atoms with Crippen LogP contribution in [0.2, 0.25) is 0 Å². The SMILES string of the molecule is CC(C)(C)OC(=O)N1CCN(CCC(=O)NNC(=O)[C@@H]2CCC3=[N+](OCc4ccccc4)C(=O)N2C3)CC1. The lowest BCUT2D eigenvalue weighted by Gasteiger charge is -2.35. The summed E-state index contributed by atoms with van der Waals surface area (Å²) in [6.07, 6.45) is 0.875. The summed E-state index contributed by atoms with van der Waals surface area (Å²) >= 11 is 0. The van der Waals surface area contributed by atoms with Crippen molar-refractivity contribution in [2.24, 2.45) is 0 Å². The van der Waals surface area contributed by atoms with Crippen LogP contribution in [0.4, 0.5) is 9.59 Å². The first-order chi connectivity index (χ1) is 18.1. The quantitative estimate of drug-likeness (QED) is 0.403. The number of fused-ring (bicyclic) bond motifs is 2. The molecule has 3 aliphatic rings. The van der Waals surface area contributed by atoms with Gasteiger partial charge < -0.3 is 14.5 Å². The molecule has 0 aromatic heterocycles. The van der Waals surface area contributed by atoms with E-state index in [0.717, 1.165) is 11.3 Å². The Morgan fingerprint density at radius 2 is 1.76 bits per heavy atom. The van der Waals surface area contributed by atoms with Gasteiger partial charge in [-0.1, -0.05) is 30.3 Å². The fourth-order valence-corrected chi connectivity index (χ4v) is 4.61. The molecule has 206 valence electrons. The third-order valence-electron chi connectivity index (χ3n) is 6.65. The number of piperidine rings is 1. The standard InChI is InChI=1S/C26H36N6O6/c1-26(2,3)38-25(36)30-15-13-29(14-16-30)12-11-22(33)27-28-23(34)21-10-9-20-17-31(21)24(35)32(20)37-18-19-7-5-4-6-8-19/h4-8,21H,9-18H2,1-3H3,(H-,27,28,33,34)/p+1/t21-/m0/s1. The van der Waals surface area contributed by atoms with E-state index in [9.17, 15) is 19.2 Å². The zero-order valence-electron chi connectivity index (χ0n) is 22.3. The van der Waals surface area contributed by atoms with Crippen molar-refractivity contribution in [3.8, 4) is 0 Å². The van der Waals surface area contributed by atoms with Crippen molar-refractivity contribution < 1.29 is 33.5 Å². The van der Waals surface area contributed by atoms with Crippen molar-refractivity contribution in [2.45, 2.75) is 58.3 Å². The summed E-state index contributed by atoms with van der Waals surface area (Å²) in [6, 6.07) is 8.50. The Morgan fingerprint density at radius 1 is 1.05 bits per heavy atom. The Balaban J connectivity index is 1.15. The number of ether oxygens (including phenoxy) is 1. The monoisotopic (exact) mass is 529 g/mol. The normalized spacial score (nSPS) is 19.9. The molecule has 12 nitrogen and oxygen atoms in total. The summed E-state index contributed by atoms with van der Waals surface area (Å²) in [5.74, 6) is -0.752. The van der Waals surface area contributed by atoms with Gasteiger partial charge in [-0.3, -0.25) is 25.3 Å². The Hall–Kier alpha value is -3.67. The Morgan fingerprint density at radius 3 is 2.45 bits per heavy atom. The highest BCUT2D eigenvalue weighted by atomic mass is 16.7. The molecule has 0 spiro atoms. The molecule has 4 rings (SSSR count). The van der Waals surface area contributed by atoms with E-state index in [1.54, 1.807) is 4.90 Å². The molecule has 0 saturated carbocycles. The second kappa shape index (κ2) is 11.8. The van der Waals surface area contributed by atoms with Crippen LogP contribution in [0.15, 0.2) is 30.3 Å². The minimum atomic E-state index is -0.683. The smallest absolute Gasteiger partial charge is 0.444 e. The molecule has 2 fully saturated rings. The molecule has 3 heterocycles. The van der Waals surface area contributed by atoms with E-state index in [1.165, 1.54) is 9.64 Å². The van der Waals surface area contributed by atoms with Crippen molar-refractivity contribution in [2.75, 3.05) is 39.3 Å². The molecule has 1 aromatic rings. The van der Waals surface area contributed by atoms with Gasteiger partial charge in [0.25, 0.3) is 5.91 Å². The molecule has 5 amide bonds. The van der Waals surface area contributed by atoms with Gasteiger partial charge >= 0.3 is 12.1 Å². The molecule has 2 N–H and O–H groups in total. The van der Waals surface area contributed by atoms with Gasteiger partial charge in [0.2, 0.25) is 5.91 Å². The number of hydrogen-bond donors (Lipinski definition) is 2. The Kier molecular flexibility index (Phi) is 8.50. The number of benzene rings is 1. The van der Waals surface area contributed by atoms with Crippen molar-refractivity contribution in [1.29, 1.82) is 0 Å². The molecule has 3 aliphatic heterocycles. The van der Waals surface area contributed by atoms with Crippen molar-refractivity contribution >= 4 is 29.7 Å². The van der Waals surface area contributed by atoms with E-state index in [-0.39, 0.29) is 31.1 Å². The number of rotatable bonds is 7. The second-order valence-electron chi connectivity index (χ2n) is 10.7. The molecule has 38 heavy (non-hydrogen) atoms. The van der Waals surface area contributed by atoms with Crippen LogP contribution in [0, 0.1) is 0 Å². The van der Waals surface area contributed by atoms with Gasteiger partial charge in [-0.05, 0) is 31.1 Å². The second-order valence-corrected chi connectivity index (χ2v) is 10.7. The number of hydroxylamine groups is 1. The van der Waals surface area contributed by atoms with Crippen LogP contribution in [-0.2, 0) is 25.8 Å². The number of hydrazine groups is 1. The van der Waals surface area contributed by atoms with E-state index < -0.39 is 17.6 Å². The number of carbonyl (C=O) groups excluding carboxylic acids is 4. The maximum atomic E-state index is 12.9. The van der Waals surface area contributed by atoms with Crippen LogP contribution in [0.1, 0.15) is 45.6 Å². The van der Waals surface area contributed by atoms with Gasteiger partial charge in [-0.25, -0.2) is 9.69 Å². The summed E-state index contributed by atoms with van der Waals surface area (Å²) in [6.45, 7) is 8.93. The molecule has 12 heteroatoms. The van der Waals surface area contributed by atoms with Crippen molar-refractivity contribution in [3.05, 3.63) is 35.9 Å². The number of urea groups is 1. The van der Waals surface area contributed by atoms with Gasteiger partial charge in [0.1, 0.15) is 5.60 Å². The minimum Gasteiger partial charge on any atom is -0.444 e. The van der Waals surface area contributed by atoms with Crippen LogP contribution in [-0.4, -0.2) is 100 Å². The van der Waals surface area contributed by atoms with Crippen LogP contribution in [0.5, 0.6) is 0 Å². The lowest BCUT2D eigenvalue weighted by atomic mass is 10.0. The highest BCUT2D eigenvalue weighted by Crippen LogP contribution is 2.23. The summed E-state index contributed by atoms with van der Waals surface area (Å²) in [5, 5.41) is 0. The van der Waals surface area contributed by atoms with Crippen molar-refractivity contribution in [3.63, 3.8) is 0 Å². The topological polar surface area (TPSA) is 124 Å². The highest BCUT2D eigenvalue weighted by Gasteiger charge is 2.51. The van der Waals surface area contributed by atoms with Crippen LogP contribution in [0.25, 0.3) is 0 Å². The zero-order chi connectivity index (χ0) is 27.3. The molecule has 2 bridgehead atoms. The Bertz CT molecular complexity index is 1080. The molecule has 0 unspecified atom stereocenters. The van der Waals surface area contributed by atoms with Gasteiger partial charge in [-0.2, -0.15) is 4.79 Å². The maximum absolute atomic E-state index is 12.9. The average molecular weight is 530 g/mol. The first-order valence-corrected chi connectivity index (χ1v) is 13.0. The van der Waals surface area contributed by atoms with Crippen LogP contribution in [0.3, 0.4) is 0 Å². The predicted octanol–water partition coefficient (Wildman–Crippen LogP) is 1.26. The average Bonchev–Trinajstić information content (AvgIpc) is 3.13. The lowest BCUT2D eigenvalue weighted by Crippen LogP contribution is -2.55. The molecule has 1 aromatic carbocycles. The molecule has 1 atom stereocenters. The molecule has 0 aliphatic carbocycles. The maximum Gasteiger partial charge on any atom is 0.533 e. The number of piperazine rings is 1. The first-order valence-electron chi connectivity index (χ1n) is 13.0. The van der Waals surface area contributed by atoms with Crippen LogP contribution >= 0.6 is 0 Å². The number of nitrogens with one attached hydrogen (secondary N) is 2. The van der Waals surface area contributed by atoms with Gasteiger partial charge in [0.05, 0.1) is 0 Å². The summed E-state index contributed by atoms with van der Waals surface area (Å²) in [7, 11) is 0. The van der Waals surface area contributed by atoms with Gasteiger partial charge in [0.15, 0.2) is 24.9 Å².